The molecule has 170 valence electrons. The monoisotopic (exact) mass is 449 g/mol. The Balaban J connectivity index is 1.31. The van der Waals surface area contributed by atoms with Gasteiger partial charge in [-0.2, -0.15) is 10.1 Å². The van der Waals surface area contributed by atoms with E-state index < -0.39 is 0 Å². The number of anilines is 1. The van der Waals surface area contributed by atoms with Crippen LogP contribution < -0.4 is 16.4 Å². The van der Waals surface area contributed by atoms with Crippen molar-refractivity contribution >= 4 is 17.5 Å². The Hall–Kier alpha value is -4.10. The van der Waals surface area contributed by atoms with Crippen molar-refractivity contribution in [2.75, 3.05) is 11.4 Å². The van der Waals surface area contributed by atoms with E-state index in [1.54, 1.807) is 6.20 Å². The molecular weight excluding hydrogens is 422 g/mol. The van der Waals surface area contributed by atoms with E-state index in [1.807, 2.05) is 11.0 Å². The summed E-state index contributed by atoms with van der Waals surface area (Å²) in [7, 11) is 0. The molecule has 3 aromatic carbocycles. The zero-order valence-corrected chi connectivity index (χ0v) is 18.8. The van der Waals surface area contributed by atoms with Crippen molar-refractivity contribution in [1.82, 2.24) is 15.1 Å². The lowest BCUT2D eigenvalue weighted by atomic mass is 9.95. The molecule has 0 saturated carbocycles. The van der Waals surface area contributed by atoms with Crippen LogP contribution in [0.3, 0.4) is 0 Å². The molecule has 5 N–H and O–H groups in total. The highest BCUT2D eigenvalue weighted by Crippen LogP contribution is 2.36. The van der Waals surface area contributed by atoms with Crippen molar-refractivity contribution in [3.63, 3.8) is 0 Å². The molecule has 0 radical (unpaired) electrons. The topological polar surface area (TPSA) is 99.6 Å². The molecule has 2 aliphatic rings. The van der Waals surface area contributed by atoms with Gasteiger partial charge in [0, 0.05) is 18.8 Å². The fourth-order valence-corrected chi connectivity index (χ4v) is 5.17. The number of hydrogen-bond donors (Lipinski definition) is 3. The fraction of sp³-hybridized carbons (Fsp3) is 0.185. The number of aliphatic imine (C=N–C) groups is 1. The van der Waals surface area contributed by atoms with Gasteiger partial charge in [0.2, 0.25) is 0 Å². The first-order valence-corrected chi connectivity index (χ1v) is 11.6. The van der Waals surface area contributed by atoms with E-state index in [0.717, 1.165) is 25.1 Å². The van der Waals surface area contributed by atoms with Crippen LogP contribution in [0.25, 0.3) is 11.1 Å². The molecule has 0 saturated heterocycles. The third-order valence-electron chi connectivity index (χ3n) is 6.78. The Morgan fingerprint density at radius 2 is 1.74 bits per heavy atom. The molecule has 7 heteroatoms. The van der Waals surface area contributed by atoms with E-state index >= 15 is 0 Å². The molecule has 0 amide bonds. The highest BCUT2D eigenvalue weighted by Gasteiger charge is 2.36. The average molecular weight is 450 g/mol. The maximum absolute atomic E-state index is 6.65. The van der Waals surface area contributed by atoms with E-state index in [1.165, 1.54) is 27.9 Å². The zero-order chi connectivity index (χ0) is 23.1. The van der Waals surface area contributed by atoms with Gasteiger partial charge in [0.1, 0.15) is 6.17 Å². The molecule has 3 heterocycles. The van der Waals surface area contributed by atoms with Crippen LogP contribution in [0.4, 0.5) is 11.5 Å². The van der Waals surface area contributed by atoms with Gasteiger partial charge in [0.05, 0.1) is 17.8 Å². The van der Waals surface area contributed by atoms with Gasteiger partial charge in [-0.15, -0.1) is 0 Å². The second-order valence-electron chi connectivity index (χ2n) is 8.93. The summed E-state index contributed by atoms with van der Waals surface area (Å²) in [6.07, 6.45) is 2.21. The van der Waals surface area contributed by atoms with Crippen LogP contribution in [0.2, 0.25) is 0 Å². The molecule has 0 spiro atoms. The van der Waals surface area contributed by atoms with Gasteiger partial charge in [0.15, 0.2) is 11.8 Å². The van der Waals surface area contributed by atoms with Gasteiger partial charge in [-0.05, 0) is 40.8 Å². The maximum atomic E-state index is 6.65. The Bertz CT molecular complexity index is 1340. The number of aromatic amines is 1. The van der Waals surface area contributed by atoms with Gasteiger partial charge in [-0.3, -0.25) is 5.10 Å². The number of H-pyrrole nitrogens is 1. The summed E-state index contributed by atoms with van der Waals surface area (Å²) in [5, 5.41) is 6.99. The summed E-state index contributed by atoms with van der Waals surface area (Å²) in [5.41, 5.74) is 20.2. The number of nitrogens with one attached hydrogen (secondary N) is 1. The third-order valence-corrected chi connectivity index (χ3v) is 6.78. The number of guanidine groups is 1. The van der Waals surface area contributed by atoms with Crippen LogP contribution in [-0.4, -0.2) is 33.6 Å². The van der Waals surface area contributed by atoms with Gasteiger partial charge in [-0.1, -0.05) is 66.7 Å². The van der Waals surface area contributed by atoms with E-state index in [9.17, 15) is 0 Å². The largest absolute Gasteiger partial charge is 0.369 e. The first kappa shape index (κ1) is 20.5. The molecule has 1 aromatic heterocycles. The minimum atomic E-state index is -0.384. The van der Waals surface area contributed by atoms with Gasteiger partial charge < -0.3 is 21.3 Å². The Morgan fingerprint density at radius 3 is 2.62 bits per heavy atom. The summed E-state index contributed by atoms with van der Waals surface area (Å²) in [6.45, 7) is 1.59. The first-order chi connectivity index (χ1) is 16.7. The number of fused-ring (bicyclic) bond motifs is 2. The molecule has 2 aliphatic heterocycles. The van der Waals surface area contributed by atoms with Crippen molar-refractivity contribution in [3.8, 4) is 11.1 Å². The predicted molar refractivity (Wildman–Crippen MR) is 135 cm³/mol. The van der Waals surface area contributed by atoms with Crippen LogP contribution in [0.15, 0.2) is 90.1 Å². The van der Waals surface area contributed by atoms with Crippen molar-refractivity contribution in [3.05, 3.63) is 102 Å². The molecule has 2 atom stereocenters. The quantitative estimate of drug-likeness (QED) is 0.438. The lowest BCUT2D eigenvalue weighted by molar-refractivity contribution is 0.229. The highest BCUT2D eigenvalue weighted by atomic mass is 15.4. The number of para-hydroxylation sites is 1. The van der Waals surface area contributed by atoms with E-state index in [0.29, 0.717) is 11.8 Å². The molecule has 4 aromatic rings. The molecular formula is C27H27N7. The number of nitrogens with two attached hydrogens (primary N) is 2. The Kier molecular flexibility index (Phi) is 5.04. The highest BCUT2D eigenvalue weighted by molar-refractivity contribution is 5.84. The van der Waals surface area contributed by atoms with E-state index in [-0.39, 0.29) is 12.2 Å². The van der Waals surface area contributed by atoms with Crippen molar-refractivity contribution in [2.45, 2.75) is 25.2 Å². The normalized spacial score (nSPS) is 19.4. The fourth-order valence-electron chi connectivity index (χ4n) is 5.17. The SMILES string of the molecule is NC1=Nc2[nH]ncc2C(N)N1C1Cc2ccccc2N(Cc2cccc(-c3ccccc3)c2)C1. The van der Waals surface area contributed by atoms with Gasteiger partial charge in [-0.25, -0.2) is 0 Å². The number of benzene rings is 3. The van der Waals surface area contributed by atoms with E-state index in [2.05, 4.69) is 92.9 Å². The van der Waals surface area contributed by atoms with Crippen molar-refractivity contribution < 1.29 is 0 Å². The number of nitrogens with zero attached hydrogens (tertiary/aromatic N) is 4. The summed E-state index contributed by atoms with van der Waals surface area (Å²) in [4.78, 5) is 9.00. The summed E-state index contributed by atoms with van der Waals surface area (Å²) >= 11 is 0. The first-order valence-electron chi connectivity index (χ1n) is 11.6. The van der Waals surface area contributed by atoms with Crippen LogP contribution in [0, 0.1) is 0 Å². The smallest absolute Gasteiger partial charge is 0.199 e. The van der Waals surface area contributed by atoms with Crippen molar-refractivity contribution in [1.29, 1.82) is 0 Å². The average Bonchev–Trinajstić information content (AvgIpc) is 3.34. The number of rotatable bonds is 4. The molecule has 7 nitrogen and oxygen atoms in total. The number of hydrogen-bond acceptors (Lipinski definition) is 6. The molecule has 6 rings (SSSR count). The lowest BCUT2D eigenvalue weighted by Gasteiger charge is -2.44. The predicted octanol–water partition coefficient (Wildman–Crippen LogP) is 3.93. The van der Waals surface area contributed by atoms with Crippen LogP contribution >= 0.6 is 0 Å². The number of aromatic nitrogens is 2. The van der Waals surface area contributed by atoms with Crippen molar-refractivity contribution in [2.24, 2.45) is 16.5 Å². The van der Waals surface area contributed by atoms with Crippen LogP contribution in [0.1, 0.15) is 22.9 Å². The standard InChI is InChI=1S/C27H27N7/c28-25-23-15-30-32-26(23)31-27(29)34(25)22-14-21-10-4-5-12-24(21)33(17-22)16-18-7-6-11-20(13-18)19-8-2-1-3-9-19/h1-13,15,22,25H,14,16-17,28H2,(H3,29,30,31,32). The molecule has 34 heavy (non-hydrogen) atoms. The van der Waals surface area contributed by atoms with Crippen LogP contribution in [-0.2, 0) is 13.0 Å². The summed E-state index contributed by atoms with van der Waals surface area (Å²) in [6, 6.07) is 28.0. The van der Waals surface area contributed by atoms with E-state index in [4.69, 9.17) is 11.5 Å². The molecule has 0 aliphatic carbocycles. The molecule has 2 unspecified atom stereocenters. The Morgan fingerprint density at radius 1 is 0.941 bits per heavy atom. The van der Waals surface area contributed by atoms with Crippen LogP contribution in [0.5, 0.6) is 0 Å². The summed E-state index contributed by atoms with van der Waals surface area (Å²) in [5.74, 6) is 1.08. The second kappa shape index (κ2) is 8.35. The molecule has 0 fully saturated rings. The summed E-state index contributed by atoms with van der Waals surface area (Å²) < 4.78 is 0. The lowest BCUT2D eigenvalue weighted by Crippen LogP contribution is -2.56. The zero-order valence-electron chi connectivity index (χ0n) is 18.8. The molecule has 0 bridgehead atoms. The van der Waals surface area contributed by atoms with Gasteiger partial charge in [0.25, 0.3) is 0 Å². The maximum Gasteiger partial charge on any atom is 0.199 e. The van der Waals surface area contributed by atoms with Gasteiger partial charge >= 0.3 is 0 Å². The third kappa shape index (κ3) is 3.60. The Labute approximate surface area is 198 Å². The minimum absolute atomic E-state index is 0.0917. The second-order valence-corrected chi connectivity index (χ2v) is 8.93. The minimum Gasteiger partial charge on any atom is -0.369 e.